The molecule has 2 aromatic rings. The van der Waals surface area contributed by atoms with Gasteiger partial charge >= 0.3 is 0 Å². The molecule has 0 bridgehead atoms. The van der Waals surface area contributed by atoms with E-state index in [4.69, 9.17) is 5.11 Å². The molecule has 1 saturated heterocycles. The fraction of sp³-hybridized carbons (Fsp3) is 0.200. The number of hydrogen-bond donors (Lipinski definition) is 2. The number of carbonyl (C=O) groups excluding carboxylic acids is 2. The molecule has 0 aromatic heterocycles. The second-order valence-corrected chi connectivity index (χ2v) is 6.29. The van der Waals surface area contributed by atoms with E-state index in [1.165, 1.54) is 23.1 Å². The van der Waals surface area contributed by atoms with Crippen molar-refractivity contribution in [2.75, 3.05) is 13.2 Å². The van der Waals surface area contributed by atoms with Crippen molar-refractivity contribution in [3.63, 3.8) is 0 Å². The highest BCUT2D eigenvalue weighted by Crippen LogP contribution is 2.40. The number of nitro benzene ring substituents is 1. The Labute approximate surface area is 160 Å². The zero-order chi connectivity index (χ0) is 20.3. The van der Waals surface area contributed by atoms with Crippen LogP contribution in [0.25, 0.3) is 5.76 Å². The smallest absolute Gasteiger partial charge is 0.295 e. The number of nitro groups is 1. The molecule has 8 nitrogen and oxygen atoms in total. The maximum Gasteiger partial charge on any atom is 0.295 e. The molecule has 2 aromatic carbocycles. The summed E-state index contributed by atoms with van der Waals surface area (Å²) in [5.74, 6) is -2.03. The molecule has 1 atom stereocenters. The van der Waals surface area contributed by atoms with Crippen LogP contribution in [0.15, 0.2) is 60.2 Å². The zero-order valence-electron chi connectivity index (χ0n) is 14.8. The molecule has 2 N–H and O–H groups in total. The Balaban J connectivity index is 2.18. The number of ketones is 1. The van der Waals surface area contributed by atoms with Crippen LogP contribution in [0.4, 0.5) is 5.69 Å². The molecule has 8 heteroatoms. The van der Waals surface area contributed by atoms with Crippen LogP contribution >= 0.6 is 0 Å². The maximum absolute atomic E-state index is 12.7. The van der Waals surface area contributed by atoms with E-state index >= 15 is 0 Å². The van der Waals surface area contributed by atoms with Gasteiger partial charge in [0.2, 0.25) is 0 Å². The first-order valence-electron chi connectivity index (χ1n) is 8.64. The molecule has 0 radical (unpaired) electrons. The number of likely N-dealkylation sites (tertiary alicyclic amines) is 1. The van der Waals surface area contributed by atoms with Crippen LogP contribution < -0.4 is 0 Å². The van der Waals surface area contributed by atoms with Crippen LogP contribution in [0, 0.1) is 10.1 Å². The molecule has 1 heterocycles. The number of aliphatic hydroxyl groups is 2. The minimum absolute atomic E-state index is 0.0694. The lowest BCUT2D eigenvalue weighted by molar-refractivity contribution is -0.384. The van der Waals surface area contributed by atoms with Crippen molar-refractivity contribution in [3.8, 4) is 0 Å². The summed E-state index contributed by atoms with van der Waals surface area (Å²) < 4.78 is 0. The zero-order valence-corrected chi connectivity index (χ0v) is 14.8. The predicted octanol–water partition coefficient (Wildman–Crippen LogP) is 2.40. The normalized spacial score (nSPS) is 18.5. The first-order valence-corrected chi connectivity index (χ1v) is 8.64. The maximum atomic E-state index is 12.7. The molecule has 1 fully saturated rings. The molecule has 144 valence electrons. The number of nitrogens with zero attached hydrogens (tertiary/aromatic N) is 2. The number of non-ortho nitro benzene ring substituents is 1. The Morgan fingerprint density at radius 1 is 1.11 bits per heavy atom. The van der Waals surface area contributed by atoms with Gasteiger partial charge in [-0.3, -0.25) is 19.7 Å². The van der Waals surface area contributed by atoms with Gasteiger partial charge in [-0.25, -0.2) is 0 Å². The third kappa shape index (κ3) is 3.49. The lowest BCUT2D eigenvalue weighted by atomic mass is 9.95. The van der Waals surface area contributed by atoms with Crippen LogP contribution in [0.5, 0.6) is 0 Å². The summed E-state index contributed by atoms with van der Waals surface area (Å²) in [7, 11) is 0. The van der Waals surface area contributed by atoms with Gasteiger partial charge in [0.25, 0.3) is 17.4 Å². The molecule has 28 heavy (non-hydrogen) atoms. The van der Waals surface area contributed by atoms with E-state index in [2.05, 4.69) is 0 Å². The van der Waals surface area contributed by atoms with Crippen LogP contribution in [-0.4, -0.2) is 44.9 Å². The first kappa shape index (κ1) is 19.2. The molecule has 0 spiro atoms. The van der Waals surface area contributed by atoms with Crippen LogP contribution in [-0.2, 0) is 9.59 Å². The molecule has 0 saturated carbocycles. The standard InChI is InChI=1S/C20H18N2O6/c23-11-5-10-21-17(14-8-4-9-15(12-14)22(27)28)16(19(25)20(21)26)18(24)13-6-2-1-3-7-13/h1-4,6-9,12,17,23-24H,5,10-11H2/t17-/m1/s1. The molecular formula is C20H18N2O6. The van der Waals surface area contributed by atoms with Crippen LogP contribution in [0.1, 0.15) is 23.6 Å². The van der Waals surface area contributed by atoms with E-state index in [-0.39, 0.29) is 36.6 Å². The monoisotopic (exact) mass is 382 g/mol. The Kier molecular flexibility index (Phi) is 5.51. The van der Waals surface area contributed by atoms with E-state index in [0.717, 1.165) is 0 Å². The van der Waals surface area contributed by atoms with Gasteiger partial charge in [0, 0.05) is 30.8 Å². The Bertz CT molecular complexity index is 954. The van der Waals surface area contributed by atoms with Crippen molar-refractivity contribution in [1.82, 2.24) is 4.90 Å². The van der Waals surface area contributed by atoms with Gasteiger partial charge in [-0.2, -0.15) is 0 Å². The SMILES string of the molecule is O=C1C(=O)N(CCCO)[C@H](c2cccc([N+](=O)[O-])c2)C1=C(O)c1ccccc1. The number of amides is 1. The van der Waals surface area contributed by atoms with Gasteiger partial charge in [0.05, 0.1) is 16.5 Å². The second kappa shape index (κ2) is 8.01. The summed E-state index contributed by atoms with van der Waals surface area (Å²) in [5.41, 5.74) is 0.376. The van der Waals surface area contributed by atoms with Gasteiger partial charge in [0.15, 0.2) is 0 Å². The van der Waals surface area contributed by atoms with Crippen molar-refractivity contribution in [1.29, 1.82) is 0 Å². The van der Waals surface area contributed by atoms with Crippen LogP contribution in [0.2, 0.25) is 0 Å². The Morgan fingerprint density at radius 2 is 1.82 bits per heavy atom. The number of hydrogen-bond acceptors (Lipinski definition) is 6. The van der Waals surface area contributed by atoms with E-state index in [1.54, 1.807) is 36.4 Å². The average molecular weight is 382 g/mol. The predicted molar refractivity (Wildman–Crippen MR) is 100 cm³/mol. The Hall–Kier alpha value is -3.52. The second-order valence-electron chi connectivity index (χ2n) is 6.29. The summed E-state index contributed by atoms with van der Waals surface area (Å²) >= 11 is 0. The summed E-state index contributed by atoms with van der Waals surface area (Å²) in [4.78, 5) is 37.1. The van der Waals surface area contributed by atoms with Crippen molar-refractivity contribution < 1.29 is 24.7 Å². The minimum Gasteiger partial charge on any atom is -0.507 e. The molecule has 0 aliphatic carbocycles. The summed E-state index contributed by atoms with van der Waals surface area (Å²) in [6.45, 7) is -0.122. The molecule has 0 unspecified atom stereocenters. The highest BCUT2D eigenvalue weighted by atomic mass is 16.6. The molecular weight excluding hydrogens is 364 g/mol. The molecule has 3 rings (SSSR count). The fourth-order valence-electron chi connectivity index (χ4n) is 3.26. The van der Waals surface area contributed by atoms with Crippen molar-refractivity contribution in [2.24, 2.45) is 0 Å². The van der Waals surface area contributed by atoms with Crippen LogP contribution in [0.3, 0.4) is 0 Å². The van der Waals surface area contributed by atoms with Gasteiger partial charge in [-0.15, -0.1) is 0 Å². The fourth-order valence-corrected chi connectivity index (χ4v) is 3.26. The minimum atomic E-state index is -0.980. The Morgan fingerprint density at radius 3 is 2.46 bits per heavy atom. The van der Waals surface area contributed by atoms with Crippen molar-refractivity contribution >= 4 is 23.1 Å². The van der Waals surface area contributed by atoms with E-state index in [0.29, 0.717) is 11.1 Å². The highest BCUT2D eigenvalue weighted by molar-refractivity contribution is 6.46. The summed E-state index contributed by atoms with van der Waals surface area (Å²) in [5, 5.41) is 31.0. The third-order valence-corrected chi connectivity index (χ3v) is 4.54. The third-order valence-electron chi connectivity index (χ3n) is 4.54. The highest BCUT2D eigenvalue weighted by Gasteiger charge is 2.46. The van der Waals surface area contributed by atoms with Crippen molar-refractivity contribution in [3.05, 3.63) is 81.4 Å². The number of carbonyl (C=O) groups is 2. The number of aliphatic hydroxyl groups excluding tert-OH is 2. The lowest BCUT2D eigenvalue weighted by Crippen LogP contribution is -2.31. The van der Waals surface area contributed by atoms with E-state index in [1.807, 2.05) is 0 Å². The molecule has 1 aliphatic rings. The molecule has 1 amide bonds. The topological polar surface area (TPSA) is 121 Å². The molecule has 1 aliphatic heterocycles. The van der Waals surface area contributed by atoms with Gasteiger partial charge < -0.3 is 15.1 Å². The first-order chi connectivity index (χ1) is 13.5. The summed E-state index contributed by atoms with van der Waals surface area (Å²) in [6.07, 6.45) is 0.226. The quantitative estimate of drug-likeness (QED) is 0.260. The van der Waals surface area contributed by atoms with E-state index < -0.39 is 22.7 Å². The average Bonchev–Trinajstić information content (AvgIpc) is 2.97. The van der Waals surface area contributed by atoms with Crippen molar-refractivity contribution in [2.45, 2.75) is 12.5 Å². The summed E-state index contributed by atoms with van der Waals surface area (Å²) in [6, 6.07) is 12.9. The van der Waals surface area contributed by atoms with E-state index in [9.17, 15) is 24.8 Å². The van der Waals surface area contributed by atoms with Gasteiger partial charge in [-0.1, -0.05) is 42.5 Å². The number of rotatable bonds is 6. The number of benzene rings is 2. The van der Waals surface area contributed by atoms with Gasteiger partial charge in [-0.05, 0) is 12.0 Å². The largest absolute Gasteiger partial charge is 0.507 e. The lowest BCUT2D eigenvalue weighted by Gasteiger charge is -2.25. The number of Topliss-reactive ketones (excluding diaryl/α,β-unsaturated/α-hetero) is 1. The van der Waals surface area contributed by atoms with Gasteiger partial charge in [0.1, 0.15) is 5.76 Å².